The topological polar surface area (TPSA) is 74.4 Å². The Hall–Kier alpha value is -2.56. The maximum Gasteiger partial charge on any atom is 0.342 e. The van der Waals surface area contributed by atoms with Crippen LogP contribution < -0.4 is 10.5 Å². The zero-order valence-electron chi connectivity index (χ0n) is 11.4. The molecule has 5 nitrogen and oxygen atoms in total. The van der Waals surface area contributed by atoms with Gasteiger partial charge in [0.2, 0.25) is 0 Å². The van der Waals surface area contributed by atoms with E-state index in [1.165, 1.54) is 7.11 Å². The third kappa shape index (κ3) is 3.26. The Balaban J connectivity index is 2.09. The van der Waals surface area contributed by atoms with Gasteiger partial charge in [-0.2, -0.15) is 0 Å². The predicted molar refractivity (Wildman–Crippen MR) is 75.5 cm³/mol. The molecule has 0 atom stereocenters. The Morgan fingerprint density at radius 3 is 2.80 bits per heavy atom. The van der Waals surface area contributed by atoms with Crippen molar-refractivity contribution >= 4 is 11.7 Å². The van der Waals surface area contributed by atoms with Crippen LogP contribution in [0.15, 0.2) is 36.7 Å². The molecular weight excluding hydrogens is 256 g/mol. The lowest BCUT2D eigenvalue weighted by Gasteiger charge is -2.09. The molecule has 0 aliphatic heterocycles. The molecule has 0 saturated heterocycles. The van der Waals surface area contributed by atoms with Gasteiger partial charge in [-0.25, -0.2) is 4.79 Å². The van der Waals surface area contributed by atoms with E-state index in [9.17, 15) is 4.79 Å². The van der Waals surface area contributed by atoms with Crippen molar-refractivity contribution in [2.24, 2.45) is 0 Å². The molecule has 1 aromatic carbocycles. The van der Waals surface area contributed by atoms with Gasteiger partial charge in [-0.3, -0.25) is 4.98 Å². The number of nitrogen functional groups attached to an aromatic ring is 1. The average molecular weight is 272 g/mol. The van der Waals surface area contributed by atoms with Crippen molar-refractivity contribution in [1.29, 1.82) is 0 Å². The zero-order valence-corrected chi connectivity index (χ0v) is 11.4. The molecule has 0 aliphatic carbocycles. The van der Waals surface area contributed by atoms with Crippen LogP contribution in [0.5, 0.6) is 5.75 Å². The summed E-state index contributed by atoms with van der Waals surface area (Å²) >= 11 is 0. The molecule has 0 fully saturated rings. The molecule has 0 radical (unpaired) electrons. The summed E-state index contributed by atoms with van der Waals surface area (Å²) in [6.07, 6.45) is 3.41. The van der Waals surface area contributed by atoms with Crippen LogP contribution in [0.1, 0.15) is 21.5 Å². The van der Waals surface area contributed by atoms with Crippen molar-refractivity contribution in [2.45, 2.75) is 13.5 Å². The van der Waals surface area contributed by atoms with E-state index in [-0.39, 0.29) is 6.61 Å². The van der Waals surface area contributed by atoms with E-state index in [0.29, 0.717) is 17.0 Å². The van der Waals surface area contributed by atoms with Gasteiger partial charge >= 0.3 is 5.97 Å². The number of methoxy groups -OCH3 is 1. The van der Waals surface area contributed by atoms with Crippen molar-refractivity contribution < 1.29 is 14.3 Å². The summed E-state index contributed by atoms with van der Waals surface area (Å²) in [6, 6.07) is 6.73. The number of aryl methyl sites for hydroxylation is 1. The molecule has 0 aliphatic rings. The first kappa shape index (κ1) is 13.9. The van der Waals surface area contributed by atoms with E-state index in [2.05, 4.69) is 4.98 Å². The average Bonchev–Trinajstić information content (AvgIpc) is 2.44. The number of hydrogen-bond donors (Lipinski definition) is 1. The largest absolute Gasteiger partial charge is 0.496 e. The summed E-state index contributed by atoms with van der Waals surface area (Å²) in [5.41, 5.74) is 8.38. The number of nitrogens with two attached hydrogens (primary N) is 1. The van der Waals surface area contributed by atoms with Gasteiger partial charge in [0.05, 0.1) is 7.11 Å². The summed E-state index contributed by atoms with van der Waals surface area (Å²) < 4.78 is 10.4. The minimum absolute atomic E-state index is 0.168. The Bertz CT molecular complexity index is 626. The number of aromatic nitrogens is 1. The summed E-state index contributed by atoms with van der Waals surface area (Å²) in [7, 11) is 1.48. The van der Waals surface area contributed by atoms with Gasteiger partial charge in [-0.15, -0.1) is 0 Å². The standard InChI is InChI=1S/C15H16N2O3/c1-10-5-11(8-17-7-10)9-20-15(18)13-4-3-12(16)6-14(13)19-2/h3-8H,9,16H2,1-2H3. The minimum atomic E-state index is -0.455. The van der Waals surface area contributed by atoms with Gasteiger partial charge in [0.25, 0.3) is 0 Å². The first-order valence-corrected chi connectivity index (χ1v) is 6.11. The van der Waals surface area contributed by atoms with Crippen molar-refractivity contribution in [3.05, 3.63) is 53.3 Å². The maximum atomic E-state index is 12.0. The van der Waals surface area contributed by atoms with Gasteiger partial charge in [0.15, 0.2) is 0 Å². The molecule has 2 aromatic rings. The molecule has 104 valence electrons. The lowest BCUT2D eigenvalue weighted by Crippen LogP contribution is -2.08. The summed E-state index contributed by atoms with van der Waals surface area (Å²) in [5, 5.41) is 0. The highest BCUT2D eigenvalue weighted by atomic mass is 16.5. The van der Waals surface area contributed by atoms with E-state index in [4.69, 9.17) is 15.2 Å². The van der Waals surface area contributed by atoms with E-state index in [1.807, 2.05) is 13.0 Å². The van der Waals surface area contributed by atoms with Crippen molar-refractivity contribution in [3.63, 3.8) is 0 Å². The third-order valence-corrected chi connectivity index (χ3v) is 2.75. The van der Waals surface area contributed by atoms with Crippen LogP contribution in [-0.4, -0.2) is 18.1 Å². The molecule has 0 amide bonds. The fourth-order valence-corrected chi connectivity index (χ4v) is 1.80. The van der Waals surface area contributed by atoms with Crippen LogP contribution in [0.3, 0.4) is 0 Å². The van der Waals surface area contributed by atoms with Crippen LogP contribution in [0.2, 0.25) is 0 Å². The normalized spacial score (nSPS) is 10.1. The maximum absolute atomic E-state index is 12.0. The molecule has 0 saturated carbocycles. The van der Waals surface area contributed by atoms with Gasteiger partial charge < -0.3 is 15.2 Å². The van der Waals surface area contributed by atoms with E-state index in [1.54, 1.807) is 30.6 Å². The highest BCUT2D eigenvalue weighted by Gasteiger charge is 2.14. The van der Waals surface area contributed by atoms with Crippen LogP contribution in [-0.2, 0) is 11.3 Å². The molecule has 0 unspecified atom stereocenters. The number of anilines is 1. The second-order valence-corrected chi connectivity index (χ2v) is 4.41. The Morgan fingerprint density at radius 1 is 1.30 bits per heavy atom. The fraction of sp³-hybridized carbons (Fsp3) is 0.200. The van der Waals surface area contributed by atoms with Crippen LogP contribution >= 0.6 is 0 Å². The number of pyridine rings is 1. The summed E-state index contributed by atoms with van der Waals surface area (Å²) in [6.45, 7) is 2.10. The quantitative estimate of drug-likeness (QED) is 0.683. The highest BCUT2D eigenvalue weighted by molar-refractivity contribution is 5.93. The summed E-state index contributed by atoms with van der Waals surface area (Å²) in [5.74, 6) is -0.0549. The molecule has 0 bridgehead atoms. The van der Waals surface area contributed by atoms with Gasteiger partial charge in [0, 0.05) is 29.7 Å². The zero-order chi connectivity index (χ0) is 14.5. The predicted octanol–water partition coefficient (Wildman–Crippen LogP) is 2.34. The Labute approximate surface area is 117 Å². The number of carbonyl (C=O) groups is 1. The lowest BCUT2D eigenvalue weighted by molar-refractivity contribution is 0.0468. The first-order valence-electron chi connectivity index (χ1n) is 6.11. The third-order valence-electron chi connectivity index (χ3n) is 2.75. The van der Waals surface area contributed by atoms with Gasteiger partial charge in [-0.1, -0.05) is 0 Å². The smallest absolute Gasteiger partial charge is 0.342 e. The lowest BCUT2D eigenvalue weighted by atomic mass is 10.2. The Kier molecular flexibility index (Phi) is 4.20. The van der Waals surface area contributed by atoms with Gasteiger partial charge in [-0.05, 0) is 30.7 Å². The second kappa shape index (κ2) is 6.06. The second-order valence-electron chi connectivity index (χ2n) is 4.41. The number of ether oxygens (including phenoxy) is 2. The number of hydrogen-bond acceptors (Lipinski definition) is 5. The molecule has 1 aromatic heterocycles. The van der Waals surface area contributed by atoms with Crippen LogP contribution in [0, 0.1) is 6.92 Å². The number of esters is 1. The molecule has 0 spiro atoms. The molecule has 2 N–H and O–H groups in total. The molecular formula is C15H16N2O3. The Morgan fingerprint density at radius 2 is 2.10 bits per heavy atom. The minimum Gasteiger partial charge on any atom is -0.496 e. The molecule has 20 heavy (non-hydrogen) atoms. The number of carbonyl (C=O) groups excluding carboxylic acids is 1. The molecule has 1 heterocycles. The molecule has 2 rings (SSSR count). The van der Waals surface area contributed by atoms with Crippen molar-refractivity contribution in [3.8, 4) is 5.75 Å². The number of rotatable bonds is 4. The van der Waals surface area contributed by atoms with Crippen LogP contribution in [0.4, 0.5) is 5.69 Å². The van der Waals surface area contributed by atoms with E-state index >= 15 is 0 Å². The summed E-state index contributed by atoms with van der Waals surface area (Å²) in [4.78, 5) is 16.1. The fourth-order valence-electron chi connectivity index (χ4n) is 1.80. The van der Waals surface area contributed by atoms with Crippen molar-refractivity contribution in [1.82, 2.24) is 4.98 Å². The molecule has 5 heteroatoms. The van der Waals surface area contributed by atoms with Crippen molar-refractivity contribution in [2.75, 3.05) is 12.8 Å². The number of nitrogens with zero attached hydrogens (tertiary/aromatic N) is 1. The van der Waals surface area contributed by atoms with Crippen LogP contribution in [0.25, 0.3) is 0 Å². The first-order chi connectivity index (χ1) is 9.60. The van der Waals surface area contributed by atoms with E-state index in [0.717, 1.165) is 11.1 Å². The highest BCUT2D eigenvalue weighted by Crippen LogP contribution is 2.22. The van der Waals surface area contributed by atoms with Gasteiger partial charge in [0.1, 0.15) is 17.9 Å². The SMILES string of the molecule is COc1cc(N)ccc1C(=O)OCc1cncc(C)c1. The monoisotopic (exact) mass is 272 g/mol. The number of benzene rings is 1. The van der Waals surface area contributed by atoms with E-state index < -0.39 is 5.97 Å².